The van der Waals surface area contributed by atoms with Crippen LogP contribution in [0, 0.1) is 0 Å². The summed E-state index contributed by atoms with van der Waals surface area (Å²) in [6.45, 7) is 2.18. The maximum absolute atomic E-state index is 11.2. The number of hydrogen-bond acceptors (Lipinski definition) is 3. The van der Waals surface area contributed by atoms with Crippen molar-refractivity contribution in [2.75, 3.05) is 6.61 Å². The molecule has 76 valence electrons. The van der Waals surface area contributed by atoms with Crippen molar-refractivity contribution in [3.05, 3.63) is 34.3 Å². The highest BCUT2D eigenvalue weighted by molar-refractivity contribution is 9.10. The van der Waals surface area contributed by atoms with Crippen LogP contribution in [-0.2, 0) is 20.3 Å². The molecule has 14 heavy (non-hydrogen) atoms. The van der Waals surface area contributed by atoms with E-state index in [1.807, 2.05) is 24.3 Å². The summed E-state index contributed by atoms with van der Waals surface area (Å²) in [7, 11) is -1.76. The molecule has 3 nitrogen and oxygen atoms in total. The molecule has 5 heteroatoms. The summed E-state index contributed by atoms with van der Waals surface area (Å²) in [5, 5.41) is 0. The van der Waals surface area contributed by atoms with Gasteiger partial charge in [0.15, 0.2) is 0 Å². The first-order valence-corrected chi connectivity index (χ1v) is 6.36. The Hall–Kier alpha value is -0.280. The van der Waals surface area contributed by atoms with E-state index in [9.17, 15) is 4.57 Å². The molecule has 0 heterocycles. The Morgan fingerprint density at radius 2 is 2.00 bits per heavy atom. The quantitative estimate of drug-likeness (QED) is 0.468. The highest BCUT2D eigenvalue weighted by atomic mass is 79.9. The summed E-state index contributed by atoms with van der Waals surface area (Å²) < 4.78 is 16.9. The molecule has 0 radical (unpaired) electrons. The maximum atomic E-state index is 11.2. The summed E-state index contributed by atoms with van der Waals surface area (Å²) in [4.78, 5) is 4.60. The minimum Gasteiger partial charge on any atom is -0.190 e. The fraction of sp³-hybridized carbons (Fsp3) is 0.333. The van der Waals surface area contributed by atoms with Gasteiger partial charge in [-0.1, -0.05) is 28.1 Å². The van der Waals surface area contributed by atoms with E-state index in [1.54, 1.807) is 6.92 Å². The van der Waals surface area contributed by atoms with Crippen molar-refractivity contribution in [1.82, 2.24) is 0 Å². The van der Waals surface area contributed by atoms with Crippen molar-refractivity contribution in [2.45, 2.75) is 13.1 Å². The second kappa shape index (κ2) is 6.25. The van der Waals surface area contributed by atoms with E-state index in [0.29, 0.717) is 12.8 Å². The van der Waals surface area contributed by atoms with Crippen molar-refractivity contribution in [2.24, 2.45) is 0 Å². The highest BCUT2D eigenvalue weighted by Crippen LogP contribution is 2.28. The van der Waals surface area contributed by atoms with E-state index in [1.165, 1.54) is 0 Å². The summed E-state index contributed by atoms with van der Waals surface area (Å²) in [5.41, 5.74) is 0.967. The molecular formula is C9H11BrO3P+. The molecule has 0 aliphatic carbocycles. The van der Waals surface area contributed by atoms with E-state index in [-0.39, 0.29) is 0 Å². The summed E-state index contributed by atoms with van der Waals surface area (Å²) >= 11 is 3.32. The first-order valence-electron chi connectivity index (χ1n) is 4.21. The predicted octanol–water partition coefficient (Wildman–Crippen LogP) is 3.66. The topological polar surface area (TPSA) is 35.5 Å². The zero-order valence-electron chi connectivity index (χ0n) is 7.77. The summed E-state index contributed by atoms with van der Waals surface area (Å²) in [5.74, 6) is 0. The molecule has 1 atom stereocenters. The summed E-state index contributed by atoms with van der Waals surface area (Å²) in [6, 6.07) is 7.59. The SMILES string of the molecule is CCOO[P+](=O)Cc1ccc(Br)cc1. The van der Waals surface area contributed by atoms with Gasteiger partial charge in [-0.15, -0.1) is 0 Å². The Morgan fingerprint density at radius 1 is 1.36 bits per heavy atom. The molecule has 0 saturated heterocycles. The van der Waals surface area contributed by atoms with Crippen LogP contribution >= 0.6 is 24.0 Å². The monoisotopic (exact) mass is 277 g/mol. The average Bonchev–Trinajstić information content (AvgIpc) is 2.18. The van der Waals surface area contributed by atoms with E-state index >= 15 is 0 Å². The lowest BCUT2D eigenvalue weighted by molar-refractivity contribution is -0.196. The van der Waals surface area contributed by atoms with Crippen LogP contribution in [0.1, 0.15) is 12.5 Å². The number of rotatable bonds is 5. The van der Waals surface area contributed by atoms with Crippen molar-refractivity contribution >= 4 is 24.0 Å². The highest BCUT2D eigenvalue weighted by Gasteiger charge is 2.19. The van der Waals surface area contributed by atoms with Gasteiger partial charge >= 0.3 is 8.03 Å². The second-order valence-corrected chi connectivity index (χ2v) is 4.64. The first kappa shape index (κ1) is 11.8. The Kier molecular flexibility index (Phi) is 5.26. The molecule has 0 bridgehead atoms. The molecule has 0 N–H and O–H groups in total. The molecule has 1 aromatic rings. The number of hydrogen-bond donors (Lipinski definition) is 0. The molecule has 0 fully saturated rings. The van der Waals surface area contributed by atoms with E-state index < -0.39 is 8.03 Å². The van der Waals surface area contributed by atoms with Gasteiger partial charge in [0.05, 0.1) is 6.61 Å². The van der Waals surface area contributed by atoms with Gasteiger partial charge in [-0.2, -0.15) is 4.89 Å². The number of halogens is 1. The number of benzene rings is 1. The lowest BCUT2D eigenvalue weighted by Crippen LogP contribution is -1.87. The van der Waals surface area contributed by atoms with E-state index in [2.05, 4.69) is 25.5 Å². The van der Waals surface area contributed by atoms with Gasteiger partial charge in [0.25, 0.3) is 0 Å². The Balaban J connectivity index is 2.44. The van der Waals surface area contributed by atoms with Gasteiger partial charge in [-0.3, -0.25) is 0 Å². The molecular weight excluding hydrogens is 267 g/mol. The predicted molar refractivity (Wildman–Crippen MR) is 58.2 cm³/mol. The molecule has 0 amide bonds. The van der Waals surface area contributed by atoms with Crippen LogP contribution in [0.5, 0.6) is 0 Å². The van der Waals surface area contributed by atoms with Gasteiger partial charge in [-0.05, 0) is 23.6 Å². The van der Waals surface area contributed by atoms with Crippen molar-refractivity contribution in [1.29, 1.82) is 0 Å². The molecule has 1 rings (SSSR count). The maximum Gasteiger partial charge on any atom is 0.544 e. The minimum atomic E-state index is -1.76. The van der Waals surface area contributed by atoms with Crippen molar-refractivity contribution < 1.29 is 14.1 Å². The van der Waals surface area contributed by atoms with Crippen LogP contribution < -0.4 is 0 Å². The van der Waals surface area contributed by atoms with Crippen LogP contribution in [0.4, 0.5) is 0 Å². The molecule has 0 spiro atoms. The third kappa shape index (κ3) is 4.29. The third-order valence-electron chi connectivity index (χ3n) is 1.48. The zero-order valence-corrected chi connectivity index (χ0v) is 10.3. The zero-order chi connectivity index (χ0) is 10.4. The molecule has 0 aliphatic rings. The first-order chi connectivity index (χ1) is 6.72. The fourth-order valence-electron chi connectivity index (χ4n) is 0.877. The molecule has 0 saturated carbocycles. The van der Waals surface area contributed by atoms with Gasteiger partial charge in [0.1, 0.15) is 0 Å². The average molecular weight is 278 g/mol. The van der Waals surface area contributed by atoms with Crippen LogP contribution in [0.2, 0.25) is 0 Å². The fourth-order valence-corrected chi connectivity index (χ4v) is 1.93. The molecule has 0 aromatic heterocycles. The van der Waals surface area contributed by atoms with E-state index in [4.69, 9.17) is 0 Å². The van der Waals surface area contributed by atoms with Gasteiger partial charge < -0.3 is 0 Å². The Labute approximate surface area is 92.3 Å². The normalized spacial score (nSPS) is 11.4. The Bertz CT molecular complexity index is 299. The van der Waals surface area contributed by atoms with E-state index in [0.717, 1.165) is 10.0 Å². The summed E-state index contributed by atoms with van der Waals surface area (Å²) in [6.07, 6.45) is 0.378. The van der Waals surface area contributed by atoms with Crippen LogP contribution in [0.25, 0.3) is 0 Å². The standard InChI is InChI=1S/C9H11BrO3P/c1-2-12-13-14(11)7-8-3-5-9(10)6-4-8/h3-6H,2,7H2,1H3/q+1. The molecule has 1 aromatic carbocycles. The minimum absolute atomic E-state index is 0.378. The second-order valence-electron chi connectivity index (χ2n) is 2.60. The largest absolute Gasteiger partial charge is 0.544 e. The van der Waals surface area contributed by atoms with Gasteiger partial charge in [-0.25, -0.2) is 0 Å². The van der Waals surface area contributed by atoms with Crippen LogP contribution in [0.3, 0.4) is 0 Å². The molecule has 1 unspecified atom stereocenters. The molecule has 0 aliphatic heterocycles. The van der Waals surface area contributed by atoms with Crippen molar-refractivity contribution in [3.63, 3.8) is 0 Å². The van der Waals surface area contributed by atoms with Crippen molar-refractivity contribution in [3.8, 4) is 0 Å². The Morgan fingerprint density at radius 3 is 2.57 bits per heavy atom. The van der Waals surface area contributed by atoms with Crippen LogP contribution in [0.15, 0.2) is 28.7 Å². The van der Waals surface area contributed by atoms with Gasteiger partial charge in [0.2, 0.25) is 6.16 Å². The van der Waals surface area contributed by atoms with Crippen LogP contribution in [-0.4, -0.2) is 6.61 Å². The lowest BCUT2D eigenvalue weighted by atomic mass is 10.2. The lowest BCUT2D eigenvalue weighted by Gasteiger charge is -1.92. The van der Waals surface area contributed by atoms with Gasteiger partial charge in [0, 0.05) is 14.7 Å². The third-order valence-corrected chi connectivity index (χ3v) is 2.90. The smallest absolute Gasteiger partial charge is 0.190 e.